The highest BCUT2D eigenvalue weighted by molar-refractivity contribution is 7.99. The van der Waals surface area contributed by atoms with E-state index in [1.807, 2.05) is 42.1 Å². The van der Waals surface area contributed by atoms with Crippen molar-refractivity contribution in [3.63, 3.8) is 0 Å². The third-order valence-electron chi connectivity index (χ3n) is 4.69. The molecule has 26 heavy (non-hydrogen) atoms. The van der Waals surface area contributed by atoms with Gasteiger partial charge in [-0.25, -0.2) is 4.79 Å². The lowest BCUT2D eigenvalue weighted by atomic mass is 10.0. The quantitative estimate of drug-likeness (QED) is 0.505. The van der Waals surface area contributed by atoms with E-state index in [0.717, 1.165) is 30.2 Å². The van der Waals surface area contributed by atoms with Crippen LogP contribution in [0.1, 0.15) is 42.6 Å². The number of carbonyl (C=O) groups is 1. The molecule has 2 aromatic carbocycles. The summed E-state index contributed by atoms with van der Waals surface area (Å²) in [4.78, 5) is 16.1. The Kier molecular flexibility index (Phi) is 6.75. The van der Waals surface area contributed by atoms with Crippen LogP contribution in [0.4, 0.5) is 0 Å². The maximum Gasteiger partial charge on any atom is 0.343 e. The minimum atomic E-state index is -0.291. The molecule has 4 heteroatoms. The molecule has 0 aliphatic carbocycles. The lowest BCUT2D eigenvalue weighted by Crippen LogP contribution is -2.41. The zero-order chi connectivity index (χ0) is 18.4. The summed E-state index contributed by atoms with van der Waals surface area (Å²) in [6, 6.07) is 15.8. The van der Waals surface area contributed by atoms with Crippen LogP contribution in [0.15, 0.2) is 53.4 Å². The monoisotopic (exact) mass is 369 g/mol. The summed E-state index contributed by atoms with van der Waals surface area (Å²) < 4.78 is 5.72. The average molecular weight is 370 g/mol. The Balaban J connectivity index is 1.75. The van der Waals surface area contributed by atoms with Crippen LogP contribution >= 0.6 is 11.8 Å². The molecule has 0 saturated heterocycles. The number of ether oxygens (including phenoxy) is 1. The predicted molar refractivity (Wildman–Crippen MR) is 108 cm³/mol. The minimum Gasteiger partial charge on any atom is -0.422 e. The van der Waals surface area contributed by atoms with Crippen LogP contribution in [0.3, 0.4) is 0 Å². The number of nitrogens with zero attached hydrogens (tertiary/aromatic N) is 1. The maximum absolute atomic E-state index is 12.4. The van der Waals surface area contributed by atoms with E-state index < -0.39 is 0 Å². The first kappa shape index (κ1) is 19.0. The summed E-state index contributed by atoms with van der Waals surface area (Å²) in [5.41, 5.74) is 1.88. The van der Waals surface area contributed by atoms with E-state index in [9.17, 15) is 4.79 Å². The highest BCUT2D eigenvalue weighted by Gasteiger charge is 2.26. The Labute approximate surface area is 160 Å². The number of thioether (sulfide) groups is 1. The van der Waals surface area contributed by atoms with Crippen molar-refractivity contribution >= 4 is 17.7 Å². The Morgan fingerprint density at radius 3 is 2.50 bits per heavy atom. The second-order valence-electron chi connectivity index (χ2n) is 6.70. The lowest BCUT2D eigenvalue weighted by Gasteiger charge is -2.35. The van der Waals surface area contributed by atoms with Crippen molar-refractivity contribution in [2.24, 2.45) is 0 Å². The van der Waals surface area contributed by atoms with E-state index in [-0.39, 0.29) is 5.97 Å². The minimum absolute atomic E-state index is 0.291. The zero-order valence-electron chi connectivity index (χ0n) is 15.6. The second-order valence-corrected chi connectivity index (χ2v) is 7.74. The van der Waals surface area contributed by atoms with Gasteiger partial charge < -0.3 is 4.74 Å². The van der Waals surface area contributed by atoms with Gasteiger partial charge >= 0.3 is 5.97 Å². The van der Waals surface area contributed by atoms with Gasteiger partial charge in [0.1, 0.15) is 5.75 Å². The van der Waals surface area contributed by atoms with E-state index in [4.69, 9.17) is 4.74 Å². The Morgan fingerprint density at radius 1 is 1.08 bits per heavy atom. The highest BCUT2D eigenvalue weighted by Crippen LogP contribution is 2.39. The van der Waals surface area contributed by atoms with Crippen molar-refractivity contribution in [1.82, 2.24) is 4.90 Å². The summed E-state index contributed by atoms with van der Waals surface area (Å²) in [5, 5.41) is 0. The van der Waals surface area contributed by atoms with Crippen molar-refractivity contribution in [2.75, 3.05) is 18.8 Å². The standard InChI is InChI=1S/C22H27NO2S/c1-3-13-23(14-4-2)19-15-18-11-8-12-20(21(18)26-16-19)25-22(24)17-9-6-5-7-10-17/h5-12,19H,3-4,13-16H2,1-2H3. The fourth-order valence-electron chi connectivity index (χ4n) is 3.48. The Bertz CT molecular complexity index is 726. The molecule has 0 spiro atoms. The number of hydrogen-bond acceptors (Lipinski definition) is 4. The Morgan fingerprint density at radius 2 is 1.81 bits per heavy atom. The van der Waals surface area contributed by atoms with Crippen molar-refractivity contribution < 1.29 is 9.53 Å². The second kappa shape index (κ2) is 9.24. The van der Waals surface area contributed by atoms with E-state index in [0.29, 0.717) is 17.4 Å². The highest BCUT2D eigenvalue weighted by atomic mass is 32.2. The molecule has 138 valence electrons. The van der Waals surface area contributed by atoms with Crippen molar-refractivity contribution in [1.29, 1.82) is 0 Å². The maximum atomic E-state index is 12.4. The van der Waals surface area contributed by atoms with Gasteiger partial charge in [-0.1, -0.05) is 44.2 Å². The van der Waals surface area contributed by atoms with Gasteiger partial charge in [-0.15, -0.1) is 11.8 Å². The summed E-state index contributed by atoms with van der Waals surface area (Å²) in [7, 11) is 0. The molecule has 3 nitrogen and oxygen atoms in total. The molecular weight excluding hydrogens is 342 g/mol. The molecule has 0 aromatic heterocycles. The zero-order valence-corrected chi connectivity index (χ0v) is 16.4. The molecule has 0 radical (unpaired) electrons. The van der Waals surface area contributed by atoms with Gasteiger partial charge in [-0.05, 0) is 56.1 Å². The number of carbonyl (C=O) groups excluding carboxylic acids is 1. The molecule has 1 aliphatic rings. The average Bonchev–Trinajstić information content (AvgIpc) is 2.68. The van der Waals surface area contributed by atoms with E-state index in [2.05, 4.69) is 24.8 Å². The molecule has 1 heterocycles. The van der Waals surface area contributed by atoms with Gasteiger partial charge in [0, 0.05) is 11.8 Å². The molecule has 0 fully saturated rings. The summed E-state index contributed by atoms with van der Waals surface area (Å²) in [5.74, 6) is 1.45. The van der Waals surface area contributed by atoms with Gasteiger partial charge in [0.05, 0.1) is 10.5 Å². The summed E-state index contributed by atoms with van der Waals surface area (Å²) >= 11 is 1.82. The van der Waals surface area contributed by atoms with Crippen molar-refractivity contribution in [3.05, 3.63) is 59.7 Å². The lowest BCUT2D eigenvalue weighted by molar-refractivity contribution is 0.0730. The van der Waals surface area contributed by atoms with Crippen LogP contribution in [0.25, 0.3) is 0 Å². The molecular formula is C22H27NO2S. The SMILES string of the molecule is CCCN(CCC)C1CSc2c(cccc2OC(=O)c2ccccc2)C1. The van der Waals surface area contributed by atoms with Crippen LogP contribution < -0.4 is 4.74 Å². The number of fused-ring (bicyclic) bond motifs is 1. The molecule has 2 aromatic rings. The molecule has 0 bridgehead atoms. The Hall–Kier alpha value is -1.78. The topological polar surface area (TPSA) is 29.5 Å². The smallest absolute Gasteiger partial charge is 0.343 e. The molecule has 1 aliphatic heterocycles. The molecule has 3 rings (SSSR count). The number of rotatable bonds is 7. The predicted octanol–water partition coefficient (Wildman–Crippen LogP) is 5.04. The summed E-state index contributed by atoms with van der Waals surface area (Å²) in [6.07, 6.45) is 3.39. The molecule has 0 N–H and O–H groups in total. The van der Waals surface area contributed by atoms with Crippen molar-refractivity contribution in [2.45, 2.75) is 44.0 Å². The van der Waals surface area contributed by atoms with Gasteiger partial charge in [0.25, 0.3) is 0 Å². The number of hydrogen-bond donors (Lipinski definition) is 0. The summed E-state index contributed by atoms with van der Waals surface area (Å²) in [6.45, 7) is 6.79. The largest absolute Gasteiger partial charge is 0.422 e. The fourth-order valence-corrected chi connectivity index (χ4v) is 4.75. The van der Waals surface area contributed by atoms with Crippen LogP contribution in [0.5, 0.6) is 5.75 Å². The van der Waals surface area contributed by atoms with Gasteiger partial charge in [0.15, 0.2) is 0 Å². The van der Waals surface area contributed by atoms with E-state index in [1.165, 1.54) is 18.4 Å². The van der Waals surface area contributed by atoms with E-state index >= 15 is 0 Å². The molecule has 1 unspecified atom stereocenters. The van der Waals surface area contributed by atoms with Crippen LogP contribution in [0, 0.1) is 0 Å². The number of esters is 1. The molecule has 0 amide bonds. The van der Waals surface area contributed by atoms with Crippen LogP contribution in [-0.4, -0.2) is 35.8 Å². The van der Waals surface area contributed by atoms with Gasteiger partial charge in [-0.2, -0.15) is 0 Å². The van der Waals surface area contributed by atoms with Gasteiger partial charge in [0.2, 0.25) is 0 Å². The molecule has 0 saturated carbocycles. The van der Waals surface area contributed by atoms with E-state index in [1.54, 1.807) is 12.1 Å². The first-order chi connectivity index (χ1) is 12.7. The van der Waals surface area contributed by atoms with Crippen LogP contribution in [-0.2, 0) is 6.42 Å². The normalized spacial score (nSPS) is 16.3. The van der Waals surface area contributed by atoms with Gasteiger partial charge in [-0.3, -0.25) is 4.90 Å². The molecule has 1 atom stereocenters. The first-order valence-electron chi connectivity index (χ1n) is 9.48. The third-order valence-corrected chi connectivity index (χ3v) is 5.99. The van der Waals surface area contributed by atoms with Crippen LogP contribution in [0.2, 0.25) is 0 Å². The van der Waals surface area contributed by atoms with Crippen molar-refractivity contribution in [3.8, 4) is 5.75 Å². The third kappa shape index (κ3) is 4.49. The number of benzene rings is 2. The first-order valence-corrected chi connectivity index (χ1v) is 10.5. The fraction of sp³-hybridized carbons (Fsp3) is 0.409.